The van der Waals surface area contributed by atoms with Crippen LogP contribution < -0.4 is 11.1 Å². The number of nitrogens with one attached hydrogen (secondary N) is 1. The molecule has 0 aliphatic heterocycles. The Morgan fingerprint density at radius 2 is 1.94 bits per heavy atom. The van der Waals surface area contributed by atoms with Crippen molar-refractivity contribution >= 4 is 11.9 Å². The van der Waals surface area contributed by atoms with Gasteiger partial charge < -0.3 is 15.8 Å². The molecular weight excluding hydrogens is 220 g/mol. The highest BCUT2D eigenvalue weighted by atomic mass is 16.5. The summed E-state index contributed by atoms with van der Waals surface area (Å²) in [4.78, 5) is 23.1. The van der Waals surface area contributed by atoms with E-state index in [1.165, 1.54) is 7.11 Å². The van der Waals surface area contributed by atoms with Crippen LogP contribution in [0.3, 0.4) is 0 Å². The number of amides is 1. The van der Waals surface area contributed by atoms with Crippen LogP contribution in [-0.4, -0.2) is 30.6 Å². The van der Waals surface area contributed by atoms with E-state index in [2.05, 4.69) is 10.1 Å². The molecule has 0 aromatic rings. The molecule has 3 N–H and O–H groups in total. The lowest BCUT2D eigenvalue weighted by Gasteiger charge is -2.32. The molecule has 0 radical (unpaired) electrons. The normalized spacial score (nSPS) is 20.4. The first-order valence-electron chi connectivity index (χ1n) is 6.14. The van der Waals surface area contributed by atoms with Crippen molar-refractivity contribution in [2.24, 2.45) is 5.73 Å². The fourth-order valence-corrected chi connectivity index (χ4v) is 2.16. The Morgan fingerprint density at radius 1 is 1.35 bits per heavy atom. The average molecular weight is 242 g/mol. The maximum absolute atomic E-state index is 12.0. The van der Waals surface area contributed by atoms with Gasteiger partial charge in [-0.2, -0.15) is 0 Å². The molecule has 98 valence electrons. The minimum absolute atomic E-state index is 0.145. The van der Waals surface area contributed by atoms with Crippen molar-refractivity contribution in [2.45, 2.75) is 57.0 Å². The van der Waals surface area contributed by atoms with Crippen molar-refractivity contribution < 1.29 is 14.3 Å². The molecule has 1 rings (SSSR count). The second-order valence-electron chi connectivity index (χ2n) is 4.87. The molecule has 1 unspecified atom stereocenters. The zero-order valence-electron chi connectivity index (χ0n) is 10.6. The molecule has 1 atom stereocenters. The van der Waals surface area contributed by atoms with E-state index < -0.39 is 5.54 Å². The van der Waals surface area contributed by atoms with E-state index in [-0.39, 0.29) is 24.3 Å². The second kappa shape index (κ2) is 6.00. The van der Waals surface area contributed by atoms with Gasteiger partial charge >= 0.3 is 5.97 Å². The van der Waals surface area contributed by atoms with Gasteiger partial charge in [-0.1, -0.05) is 19.3 Å². The zero-order chi connectivity index (χ0) is 12.9. The quantitative estimate of drug-likeness (QED) is 0.712. The first-order chi connectivity index (χ1) is 7.98. The topological polar surface area (TPSA) is 81.4 Å². The number of ether oxygens (including phenoxy) is 1. The molecule has 1 fully saturated rings. The summed E-state index contributed by atoms with van der Waals surface area (Å²) in [6.07, 6.45) is 4.76. The molecule has 5 nitrogen and oxygen atoms in total. The highest BCUT2D eigenvalue weighted by Crippen LogP contribution is 2.26. The lowest BCUT2D eigenvalue weighted by atomic mass is 9.81. The van der Waals surface area contributed by atoms with Gasteiger partial charge in [0.05, 0.1) is 19.1 Å². The minimum atomic E-state index is -0.747. The third-order valence-corrected chi connectivity index (χ3v) is 3.28. The van der Waals surface area contributed by atoms with Gasteiger partial charge in [-0.15, -0.1) is 0 Å². The van der Waals surface area contributed by atoms with E-state index in [9.17, 15) is 9.59 Å². The van der Waals surface area contributed by atoms with Crippen LogP contribution in [0.4, 0.5) is 0 Å². The molecule has 0 aromatic carbocycles. The first kappa shape index (κ1) is 14.0. The van der Waals surface area contributed by atoms with Crippen LogP contribution >= 0.6 is 0 Å². The number of hydrogen-bond donors (Lipinski definition) is 2. The molecule has 0 saturated heterocycles. The Labute approximate surface area is 102 Å². The van der Waals surface area contributed by atoms with Crippen LogP contribution in [0.2, 0.25) is 0 Å². The van der Waals surface area contributed by atoms with Gasteiger partial charge in [-0.25, -0.2) is 0 Å². The molecule has 0 aromatic heterocycles. The van der Waals surface area contributed by atoms with Crippen LogP contribution in [0, 0.1) is 0 Å². The van der Waals surface area contributed by atoms with Crippen LogP contribution in [0.15, 0.2) is 0 Å². The molecular formula is C12H22N2O3. The van der Waals surface area contributed by atoms with Gasteiger partial charge in [0.2, 0.25) is 5.91 Å². The number of rotatable bonds is 4. The number of esters is 1. The molecule has 1 aliphatic carbocycles. The third kappa shape index (κ3) is 4.00. The summed E-state index contributed by atoms with van der Waals surface area (Å²) in [6.45, 7) is 1.78. The molecule has 1 saturated carbocycles. The lowest BCUT2D eigenvalue weighted by Crippen LogP contribution is -2.56. The highest BCUT2D eigenvalue weighted by Gasteiger charge is 2.35. The fourth-order valence-electron chi connectivity index (χ4n) is 2.16. The van der Waals surface area contributed by atoms with Crippen molar-refractivity contribution in [1.29, 1.82) is 0 Å². The molecule has 17 heavy (non-hydrogen) atoms. The molecule has 0 heterocycles. The monoisotopic (exact) mass is 242 g/mol. The van der Waals surface area contributed by atoms with Crippen molar-refractivity contribution in [3.05, 3.63) is 0 Å². The smallest absolute Gasteiger partial charge is 0.307 e. The van der Waals surface area contributed by atoms with Gasteiger partial charge in [0.15, 0.2) is 0 Å². The molecule has 1 amide bonds. The van der Waals surface area contributed by atoms with E-state index in [1.54, 1.807) is 6.92 Å². The Hall–Kier alpha value is -1.10. The third-order valence-electron chi connectivity index (χ3n) is 3.28. The maximum atomic E-state index is 12.0. The van der Waals surface area contributed by atoms with Crippen molar-refractivity contribution in [1.82, 2.24) is 5.32 Å². The van der Waals surface area contributed by atoms with E-state index in [4.69, 9.17) is 5.73 Å². The summed E-state index contributed by atoms with van der Waals surface area (Å²) in [5.74, 6) is -0.471. The van der Waals surface area contributed by atoms with Crippen LogP contribution in [0.5, 0.6) is 0 Å². The van der Waals surface area contributed by atoms with E-state index in [0.29, 0.717) is 0 Å². The summed E-state index contributed by atoms with van der Waals surface area (Å²) in [7, 11) is 1.34. The molecule has 0 spiro atoms. The summed E-state index contributed by atoms with van der Waals surface area (Å²) >= 11 is 0. The van der Waals surface area contributed by atoms with Crippen LogP contribution in [0.25, 0.3) is 0 Å². The van der Waals surface area contributed by atoms with Gasteiger partial charge in [-0.05, 0) is 19.8 Å². The molecule has 5 heteroatoms. The Bertz CT molecular complexity index is 285. The summed E-state index contributed by atoms with van der Waals surface area (Å²) < 4.78 is 4.55. The standard InChI is InChI=1S/C12H22N2O3/c1-9(8-10(15)17-2)14-11(16)12(13)6-4-3-5-7-12/h9H,3-8,13H2,1-2H3,(H,14,16). The highest BCUT2D eigenvalue weighted by molar-refractivity contribution is 5.86. The van der Waals surface area contributed by atoms with Crippen LogP contribution in [-0.2, 0) is 14.3 Å². The van der Waals surface area contributed by atoms with Gasteiger partial charge in [0.25, 0.3) is 0 Å². The molecule has 0 bridgehead atoms. The van der Waals surface area contributed by atoms with Gasteiger partial charge in [-0.3, -0.25) is 9.59 Å². The van der Waals surface area contributed by atoms with Crippen LogP contribution in [0.1, 0.15) is 45.4 Å². The Kier molecular flexibility index (Phi) is 4.93. The van der Waals surface area contributed by atoms with E-state index in [0.717, 1.165) is 32.1 Å². The fraction of sp³-hybridized carbons (Fsp3) is 0.833. The maximum Gasteiger partial charge on any atom is 0.307 e. The minimum Gasteiger partial charge on any atom is -0.469 e. The second-order valence-corrected chi connectivity index (χ2v) is 4.87. The predicted molar refractivity (Wildman–Crippen MR) is 64.2 cm³/mol. The number of carbonyl (C=O) groups is 2. The number of nitrogens with two attached hydrogens (primary N) is 1. The zero-order valence-corrected chi connectivity index (χ0v) is 10.6. The van der Waals surface area contributed by atoms with Crippen molar-refractivity contribution in [3.8, 4) is 0 Å². The van der Waals surface area contributed by atoms with Gasteiger partial charge in [0, 0.05) is 6.04 Å². The summed E-state index contributed by atoms with van der Waals surface area (Å²) in [5.41, 5.74) is 5.34. The van der Waals surface area contributed by atoms with E-state index in [1.807, 2.05) is 0 Å². The largest absolute Gasteiger partial charge is 0.469 e. The lowest BCUT2D eigenvalue weighted by molar-refractivity contribution is -0.141. The average Bonchev–Trinajstić information content (AvgIpc) is 2.29. The van der Waals surface area contributed by atoms with Crippen molar-refractivity contribution in [3.63, 3.8) is 0 Å². The van der Waals surface area contributed by atoms with E-state index >= 15 is 0 Å². The number of carbonyl (C=O) groups excluding carboxylic acids is 2. The summed E-state index contributed by atoms with van der Waals surface area (Å²) in [6, 6.07) is -0.239. The van der Waals surface area contributed by atoms with Crippen molar-refractivity contribution in [2.75, 3.05) is 7.11 Å². The Morgan fingerprint density at radius 3 is 2.47 bits per heavy atom. The Balaban J connectivity index is 2.44. The summed E-state index contributed by atoms with van der Waals surface area (Å²) in [5, 5.41) is 2.79. The first-order valence-corrected chi connectivity index (χ1v) is 6.14. The van der Waals surface area contributed by atoms with Gasteiger partial charge in [0.1, 0.15) is 0 Å². The predicted octanol–water partition coefficient (Wildman–Crippen LogP) is 0.716. The SMILES string of the molecule is COC(=O)CC(C)NC(=O)C1(N)CCCCC1. The number of methoxy groups -OCH3 is 1. The molecule has 1 aliphatic rings. The number of hydrogen-bond acceptors (Lipinski definition) is 4.